The Balaban J connectivity index is 1.65. The predicted molar refractivity (Wildman–Crippen MR) is 75.2 cm³/mol. The fourth-order valence-electron chi connectivity index (χ4n) is 2.95. The van der Waals surface area contributed by atoms with E-state index in [1.807, 2.05) is 4.90 Å². The van der Waals surface area contributed by atoms with Crippen molar-refractivity contribution in [2.45, 2.75) is 32.2 Å². The van der Waals surface area contributed by atoms with Gasteiger partial charge >= 0.3 is 0 Å². The molecule has 2 fully saturated rings. The van der Waals surface area contributed by atoms with Crippen LogP contribution >= 0.6 is 0 Å². The predicted octanol–water partition coefficient (Wildman–Crippen LogP) is 0.309. The molecule has 2 saturated heterocycles. The van der Waals surface area contributed by atoms with Gasteiger partial charge in [0.15, 0.2) is 0 Å². The van der Waals surface area contributed by atoms with E-state index in [1.165, 1.54) is 6.42 Å². The zero-order valence-corrected chi connectivity index (χ0v) is 12.1. The highest BCUT2D eigenvalue weighted by Gasteiger charge is 2.21. The first-order valence-corrected chi connectivity index (χ1v) is 7.61. The Bertz CT molecular complexity index is 274. The number of hydrogen-bond donors (Lipinski definition) is 1. The second-order valence-electron chi connectivity index (χ2n) is 5.37. The Morgan fingerprint density at radius 2 is 2.21 bits per heavy atom. The number of carbonyl (C=O) groups excluding carboxylic acids is 1. The van der Waals surface area contributed by atoms with Crippen molar-refractivity contribution < 1.29 is 9.53 Å². The summed E-state index contributed by atoms with van der Waals surface area (Å²) in [7, 11) is 0. The topological polar surface area (TPSA) is 44.8 Å². The summed E-state index contributed by atoms with van der Waals surface area (Å²) in [4.78, 5) is 16.5. The van der Waals surface area contributed by atoms with E-state index in [0.29, 0.717) is 31.6 Å². The minimum absolute atomic E-state index is 0.295. The summed E-state index contributed by atoms with van der Waals surface area (Å²) >= 11 is 0. The van der Waals surface area contributed by atoms with Crippen molar-refractivity contribution >= 4 is 5.91 Å². The van der Waals surface area contributed by atoms with Crippen LogP contribution in [-0.4, -0.2) is 74.2 Å². The molecule has 19 heavy (non-hydrogen) atoms. The quantitative estimate of drug-likeness (QED) is 0.754. The summed E-state index contributed by atoms with van der Waals surface area (Å²) < 4.78 is 5.27. The second kappa shape index (κ2) is 7.82. The highest BCUT2D eigenvalue weighted by atomic mass is 16.5. The summed E-state index contributed by atoms with van der Waals surface area (Å²) in [5, 5.41) is 3.41. The number of rotatable bonds is 6. The fourth-order valence-corrected chi connectivity index (χ4v) is 2.95. The summed E-state index contributed by atoms with van der Waals surface area (Å²) in [5.74, 6) is 0.295. The molecule has 1 amide bonds. The maximum atomic E-state index is 12.0. The first-order valence-electron chi connectivity index (χ1n) is 7.61. The van der Waals surface area contributed by atoms with E-state index in [-0.39, 0.29) is 0 Å². The van der Waals surface area contributed by atoms with Crippen LogP contribution in [0.2, 0.25) is 0 Å². The summed E-state index contributed by atoms with van der Waals surface area (Å²) in [5.41, 5.74) is 0. The van der Waals surface area contributed by atoms with Crippen molar-refractivity contribution in [3.8, 4) is 0 Å². The third kappa shape index (κ3) is 4.44. The third-order valence-corrected chi connectivity index (χ3v) is 4.16. The summed E-state index contributed by atoms with van der Waals surface area (Å²) in [6, 6.07) is 0.670. The second-order valence-corrected chi connectivity index (χ2v) is 5.37. The lowest BCUT2D eigenvalue weighted by Crippen LogP contribution is -2.41. The third-order valence-electron chi connectivity index (χ3n) is 4.16. The molecule has 0 aromatic carbocycles. The highest BCUT2D eigenvalue weighted by molar-refractivity contribution is 5.76. The van der Waals surface area contributed by atoms with Crippen LogP contribution in [0.25, 0.3) is 0 Å². The first-order chi connectivity index (χ1) is 9.31. The van der Waals surface area contributed by atoms with Gasteiger partial charge in [-0.2, -0.15) is 0 Å². The number of ether oxygens (including phenoxy) is 1. The molecule has 0 aromatic rings. The lowest BCUT2D eigenvalue weighted by Gasteiger charge is -2.29. The van der Waals surface area contributed by atoms with Gasteiger partial charge in [-0.25, -0.2) is 0 Å². The molecule has 2 rings (SSSR count). The average molecular weight is 269 g/mol. The molecule has 2 aliphatic heterocycles. The molecule has 1 atom stereocenters. The van der Waals surface area contributed by atoms with Crippen LogP contribution in [0.15, 0.2) is 0 Å². The smallest absolute Gasteiger partial charge is 0.222 e. The van der Waals surface area contributed by atoms with E-state index in [4.69, 9.17) is 4.74 Å². The number of nitrogens with zero attached hydrogens (tertiary/aromatic N) is 2. The molecule has 0 spiro atoms. The number of amides is 1. The summed E-state index contributed by atoms with van der Waals surface area (Å²) in [6.45, 7) is 9.49. The van der Waals surface area contributed by atoms with Gasteiger partial charge in [-0.3, -0.25) is 9.69 Å². The van der Waals surface area contributed by atoms with Gasteiger partial charge in [0.2, 0.25) is 5.91 Å². The Hall–Kier alpha value is -0.650. The molecule has 110 valence electrons. The zero-order chi connectivity index (χ0) is 13.5. The van der Waals surface area contributed by atoms with E-state index in [9.17, 15) is 4.79 Å². The molecule has 0 aromatic heterocycles. The minimum Gasteiger partial charge on any atom is -0.378 e. The van der Waals surface area contributed by atoms with Crippen molar-refractivity contribution in [3.05, 3.63) is 0 Å². The highest BCUT2D eigenvalue weighted by Crippen LogP contribution is 2.10. The zero-order valence-electron chi connectivity index (χ0n) is 12.1. The van der Waals surface area contributed by atoms with Gasteiger partial charge in [-0.15, -0.1) is 0 Å². The minimum atomic E-state index is 0.295. The Morgan fingerprint density at radius 3 is 2.84 bits per heavy atom. The maximum absolute atomic E-state index is 12.0. The Kier molecular flexibility index (Phi) is 6.07. The van der Waals surface area contributed by atoms with Gasteiger partial charge in [0.25, 0.3) is 0 Å². The number of likely N-dealkylation sites (N-methyl/N-ethyl adjacent to an activating group) is 1. The molecule has 0 bridgehead atoms. The van der Waals surface area contributed by atoms with Crippen LogP contribution in [0.3, 0.4) is 0 Å². The lowest BCUT2D eigenvalue weighted by molar-refractivity contribution is -0.135. The van der Waals surface area contributed by atoms with Crippen molar-refractivity contribution in [2.24, 2.45) is 0 Å². The molecule has 2 aliphatic rings. The number of nitrogens with one attached hydrogen (secondary N) is 1. The van der Waals surface area contributed by atoms with E-state index in [0.717, 1.165) is 45.7 Å². The van der Waals surface area contributed by atoms with Gasteiger partial charge in [0, 0.05) is 32.1 Å². The molecular weight excluding hydrogens is 242 g/mol. The van der Waals surface area contributed by atoms with Crippen molar-refractivity contribution in [1.82, 2.24) is 15.1 Å². The molecule has 0 radical (unpaired) electrons. The van der Waals surface area contributed by atoms with Crippen LogP contribution in [-0.2, 0) is 9.53 Å². The van der Waals surface area contributed by atoms with Gasteiger partial charge in [-0.05, 0) is 32.5 Å². The Morgan fingerprint density at radius 1 is 1.42 bits per heavy atom. The van der Waals surface area contributed by atoms with Crippen molar-refractivity contribution in [2.75, 3.05) is 52.5 Å². The molecule has 0 saturated carbocycles. The number of carbonyl (C=O) groups is 1. The lowest BCUT2D eigenvalue weighted by atomic mass is 10.2. The van der Waals surface area contributed by atoms with E-state index < -0.39 is 0 Å². The van der Waals surface area contributed by atoms with Crippen LogP contribution in [0.1, 0.15) is 26.2 Å². The molecule has 1 unspecified atom stereocenters. The van der Waals surface area contributed by atoms with Crippen molar-refractivity contribution in [1.29, 1.82) is 0 Å². The van der Waals surface area contributed by atoms with Gasteiger partial charge < -0.3 is 15.0 Å². The van der Waals surface area contributed by atoms with Crippen LogP contribution in [0.5, 0.6) is 0 Å². The molecular formula is C14H27N3O2. The SMILES string of the molecule is CCN(CCCC(=O)N1CCOCC1)C1CCNC1. The maximum Gasteiger partial charge on any atom is 0.222 e. The van der Waals surface area contributed by atoms with Gasteiger partial charge in [0.05, 0.1) is 13.2 Å². The molecule has 2 heterocycles. The normalized spacial score (nSPS) is 24.1. The van der Waals surface area contributed by atoms with Crippen LogP contribution in [0, 0.1) is 0 Å². The number of hydrogen-bond acceptors (Lipinski definition) is 4. The molecule has 5 heteroatoms. The molecule has 1 N–H and O–H groups in total. The van der Waals surface area contributed by atoms with E-state index in [2.05, 4.69) is 17.1 Å². The van der Waals surface area contributed by atoms with E-state index >= 15 is 0 Å². The average Bonchev–Trinajstić information content (AvgIpc) is 2.98. The largest absolute Gasteiger partial charge is 0.378 e. The van der Waals surface area contributed by atoms with Gasteiger partial charge in [0.1, 0.15) is 0 Å². The van der Waals surface area contributed by atoms with Gasteiger partial charge in [-0.1, -0.05) is 6.92 Å². The number of morpholine rings is 1. The van der Waals surface area contributed by atoms with Crippen LogP contribution in [0.4, 0.5) is 0 Å². The molecule has 0 aliphatic carbocycles. The first kappa shape index (κ1) is 14.8. The monoisotopic (exact) mass is 269 g/mol. The van der Waals surface area contributed by atoms with Crippen molar-refractivity contribution in [3.63, 3.8) is 0 Å². The molecule has 5 nitrogen and oxygen atoms in total. The van der Waals surface area contributed by atoms with Crippen LogP contribution < -0.4 is 5.32 Å². The fraction of sp³-hybridized carbons (Fsp3) is 0.929. The Labute approximate surface area is 116 Å². The van der Waals surface area contributed by atoms with E-state index in [1.54, 1.807) is 0 Å². The standard InChI is InChI=1S/C14H27N3O2/c1-2-16(13-5-6-15-12-13)7-3-4-14(18)17-8-10-19-11-9-17/h13,15H,2-12H2,1H3. The summed E-state index contributed by atoms with van der Waals surface area (Å²) in [6.07, 6.45) is 2.89.